The highest BCUT2D eigenvalue weighted by Crippen LogP contribution is 2.28. The Morgan fingerprint density at radius 2 is 2.30 bits per heavy atom. The quantitative estimate of drug-likeness (QED) is 0.754. The van der Waals surface area contributed by atoms with Gasteiger partial charge in [0.15, 0.2) is 0 Å². The van der Waals surface area contributed by atoms with Crippen molar-refractivity contribution in [1.29, 1.82) is 0 Å². The molecule has 2 fully saturated rings. The maximum atomic E-state index is 12.5. The number of aromatic nitrogens is 4. The monoisotopic (exact) mass is 364 g/mol. The molecule has 1 aromatic carbocycles. The zero-order chi connectivity index (χ0) is 18.4. The highest BCUT2D eigenvalue weighted by Gasteiger charge is 2.39. The van der Waals surface area contributed by atoms with Crippen LogP contribution in [0.25, 0.3) is 22.0 Å². The van der Waals surface area contributed by atoms with E-state index in [1.807, 2.05) is 37.5 Å². The van der Waals surface area contributed by atoms with Gasteiger partial charge in [0.25, 0.3) is 0 Å². The van der Waals surface area contributed by atoms with Crippen molar-refractivity contribution in [2.24, 2.45) is 7.05 Å². The fourth-order valence-electron chi connectivity index (χ4n) is 3.95. The van der Waals surface area contributed by atoms with Gasteiger partial charge in [0.2, 0.25) is 5.91 Å². The number of hydrogen-bond acceptors (Lipinski definition) is 6. The Bertz CT molecular complexity index is 1020. The third-order valence-corrected chi connectivity index (χ3v) is 5.28. The van der Waals surface area contributed by atoms with Gasteiger partial charge in [-0.15, -0.1) is 5.10 Å². The summed E-state index contributed by atoms with van der Waals surface area (Å²) in [5.74, 6) is 0.546. The van der Waals surface area contributed by atoms with Crippen LogP contribution in [0.15, 0.2) is 36.7 Å². The van der Waals surface area contributed by atoms with E-state index in [1.165, 1.54) is 0 Å². The summed E-state index contributed by atoms with van der Waals surface area (Å²) in [6.45, 7) is 1.94. The molecule has 0 spiro atoms. The number of likely N-dealkylation sites (tertiary alicyclic amines) is 1. The van der Waals surface area contributed by atoms with Crippen molar-refractivity contribution in [3.63, 3.8) is 0 Å². The van der Waals surface area contributed by atoms with E-state index in [0.29, 0.717) is 18.4 Å². The van der Waals surface area contributed by atoms with Crippen molar-refractivity contribution in [1.82, 2.24) is 24.9 Å². The Kier molecular flexibility index (Phi) is 3.87. The highest BCUT2D eigenvalue weighted by atomic mass is 16.5. The molecule has 1 amide bonds. The number of amides is 1. The standard InChI is InChI=1S/C19H20N6O2/c1-24-9-17(22-23-24)13-2-3-16-12(6-13)4-5-20-19(16)21-18(26)10-25-8-15-7-14(25)11-27-15/h2-6,9,14-15H,7-8,10-11H2,1H3,(H,20,21,26)/t14-,15-/m1/s1. The van der Waals surface area contributed by atoms with E-state index >= 15 is 0 Å². The van der Waals surface area contributed by atoms with Gasteiger partial charge in [-0.3, -0.25) is 14.4 Å². The van der Waals surface area contributed by atoms with Crippen molar-refractivity contribution >= 4 is 22.5 Å². The second-order valence-electron chi connectivity index (χ2n) is 7.20. The molecule has 5 rings (SSSR count). The maximum Gasteiger partial charge on any atom is 0.239 e. The largest absolute Gasteiger partial charge is 0.375 e. The average molecular weight is 364 g/mol. The lowest BCUT2D eigenvalue weighted by Crippen LogP contribution is -2.41. The fraction of sp³-hybridized carbons (Fsp3) is 0.368. The van der Waals surface area contributed by atoms with Gasteiger partial charge in [-0.05, 0) is 30.0 Å². The first kappa shape index (κ1) is 16.3. The van der Waals surface area contributed by atoms with Crippen LogP contribution >= 0.6 is 0 Å². The van der Waals surface area contributed by atoms with Crippen LogP contribution < -0.4 is 5.32 Å². The summed E-state index contributed by atoms with van der Waals surface area (Å²) >= 11 is 0. The number of ether oxygens (including phenoxy) is 1. The van der Waals surface area contributed by atoms with E-state index in [2.05, 4.69) is 25.5 Å². The van der Waals surface area contributed by atoms with Crippen molar-refractivity contribution in [3.05, 3.63) is 36.7 Å². The van der Waals surface area contributed by atoms with Gasteiger partial charge in [0, 0.05) is 36.8 Å². The molecule has 0 aliphatic carbocycles. The molecule has 2 saturated heterocycles. The molecule has 8 heteroatoms. The predicted molar refractivity (Wildman–Crippen MR) is 100 cm³/mol. The number of aryl methyl sites for hydroxylation is 1. The predicted octanol–water partition coefficient (Wildman–Crippen LogP) is 1.44. The van der Waals surface area contributed by atoms with Crippen LogP contribution in [0.1, 0.15) is 6.42 Å². The molecule has 0 saturated carbocycles. The first-order valence-corrected chi connectivity index (χ1v) is 9.07. The molecule has 27 heavy (non-hydrogen) atoms. The van der Waals surface area contributed by atoms with Gasteiger partial charge in [-0.25, -0.2) is 4.98 Å². The molecule has 0 unspecified atom stereocenters. The number of pyridine rings is 1. The molecule has 8 nitrogen and oxygen atoms in total. The molecule has 1 N–H and O–H groups in total. The number of hydrogen-bond donors (Lipinski definition) is 1. The van der Waals surface area contributed by atoms with Crippen LogP contribution in [0.4, 0.5) is 5.82 Å². The lowest BCUT2D eigenvalue weighted by molar-refractivity contribution is -0.118. The number of benzene rings is 1. The minimum atomic E-state index is -0.0412. The first-order valence-electron chi connectivity index (χ1n) is 9.07. The molecule has 2 aromatic heterocycles. The smallest absolute Gasteiger partial charge is 0.239 e. The first-order chi connectivity index (χ1) is 13.2. The van der Waals surface area contributed by atoms with Crippen LogP contribution in [0.5, 0.6) is 0 Å². The van der Waals surface area contributed by atoms with Crippen molar-refractivity contribution in [2.45, 2.75) is 18.6 Å². The second-order valence-corrected chi connectivity index (χ2v) is 7.20. The van der Waals surface area contributed by atoms with E-state index in [1.54, 1.807) is 10.9 Å². The minimum Gasteiger partial charge on any atom is -0.375 e. The molecule has 138 valence electrons. The van der Waals surface area contributed by atoms with Crippen molar-refractivity contribution in [3.8, 4) is 11.3 Å². The topological polar surface area (TPSA) is 85.2 Å². The molecular weight excluding hydrogens is 344 g/mol. The Morgan fingerprint density at radius 3 is 3.04 bits per heavy atom. The SMILES string of the molecule is Cn1cc(-c2ccc3c(NC(=O)CN4C[C@H]5C[C@@H]4CO5)nccc3c2)nn1. The van der Waals surface area contributed by atoms with Crippen molar-refractivity contribution < 1.29 is 9.53 Å². The van der Waals surface area contributed by atoms with Crippen LogP contribution in [0.3, 0.4) is 0 Å². The Hall–Kier alpha value is -2.84. The van der Waals surface area contributed by atoms with E-state index in [4.69, 9.17) is 4.74 Å². The number of morpholine rings is 1. The van der Waals surface area contributed by atoms with E-state index in [0.717, 1.165) is 41.6 Å². The lowest BCUT2D eigenvalue weighted by Gasteiger charge is -2.25. The Morgan fingerprint density at radius 1 is 1.37 bits per heavy atom. The van der Waals surface area contributed by atoms with E-state index in [9.17, 15) is 4.79 Å². The van der Waals surface area contributed by atoms with Crippen LogP contribution in [0, 0.1) is 0 Å². The number of anilines is 1. The zero-order valence-corrected chi connectivity index (χ0v) is 15.0. The number of nitrogens with one attached hydrogen (secondary N) is 1. The summed E-state index contributed by atoms with van der Waals surface area (Å²) in [6, 6.07) is 8.28. The van der Waals surface area contributed by atoms with Gasteiger partial charge in [-0.2, -0.15) is 0 Å². The molecule has 2 atom stereocenters. The molecule has 3 aromatic rings. The highest BCUT2D eigenvalue weighted by molar-refractivity contribution is 6.01. The summed E-state index contributed by atoms with van der Waals surface area (Å²) in [5, 5.41) is 13.0. The summed E-state index contributed by atoms with van der Waals surface area (Å²) in [5.41, 5.74) is 1.79. The maximum absolute atomic E-state index is 12.5. The van der Waals surface area contributed by atoms with Crippen LogP contribution in [-0.2, 0) is 16.6 Å². The third kappa shape index (κ3) is 3.07. The number of carbonyl (C=O) groups excluding carboxylic acids is 1. The zero-order valence-electron chi connectivity index (χ0n) is 15.0. The van der Waals surface area contributed by atoms with E-state index in [-0.39, 0.29) is 12.0 Å². The molecule has 2 bridgehead atoms. The van der Waals surface area contributed by atoms with Gasteiger partial charge < -0.3 is 10.1 Å². The second kappa shape index (κ2) is 6.40. The normalized spacial score (nSPS) is 21.8. The van der Waals surface area contributed by atoms with Gasteiger partial charge >= 0.3 is 0 Å². The molecule has 2 aliphatic heterocycles. The van der Waals surface area contributed by atoms with Gasteiger partial charge in [0.1, 0.15) is 11.5 Å². The number of nitrogens with zero attached hydrogens (tertiary/aromatic N) is 5. The number of carbonyl (C=O) groups is 1. The minimum absolute atomic E-state index is 0.0412. The van der Waals surface area contributed by atoms with Crippen LogP contribution in [-0.4, -0.2) is 62.6 Å². The van der Waals surface area contributed by atoms with Crippen LogP contribution in [0.2, 0.25) is 0 Å². The summed E-state index contributed by atoms with van der Waals surface area (Å²) in [6.07, 6.45) is 4.91. The number of fused-ring (bicyclic) bond motifs is 3. The molecular formula is C19H20N6O2. The summed E-state index contributed by atoms with van der Waals surface area (Å²) in [4.78, 5) is 19.1. The summed E-state index contributed by atoms with van der Waals surface area (Å²) < 4.78 is 7.27. The number of rotatable bonds is 4. The average Bonchev–Trinajstić information content (AvgIpc) is 3.38. The Labute approximate surface area is 156 Å². The lowest BCUT2D eigenvalue weighted by atomic mass is 10.1. The van der Waals surface area contributed by atoms with E-state index < -0.39 is 0 Å². The molecule has 0 radical (unpaired) electrons. The Balaban J connectivity index is 1.36. The van der Waals surface area contributed by atoms with Crippen molar-refractivity contribution in [2.75, 3.05) is 25.0 Å². The molecule has 4 heterocycles. The van der Waals surface area contributed by atoms with Gasteiger partial charge in [0.05, 0.1) is 25.5 Å². The van der Waals surface area contributed by atoms with Gasteiger partial charge in [-0.1, -0.05) is 11.3 Å². The molecule has 2 aliphatic rings. The fourth-order valence-corrected chi connectivity index (χ4v) is 3.95. The third-order valence-electron chi connectivity index (χ3n) is 5.28. The summed E-state index contributed by atoms with van der Waals surface area (Å²) in [7, 11) is 1.84.